The van der Waals surface area contributed by atoms with E-state index in [4.69, 9.17) is 4.98 Å². The predicted octanol–water partition coefficient (Wildman–Crippen LogP) is 7.91. The number of rotatable bonds is 5. The van der Waals surface area contributed by atoms with Gasteiger partial charge in [0.2, 0.25) is 0 Å². The van der Waals surface area contributed by atoms with E-state index in [1.807, 2.05) is 25.2 Å². The predicted molar refractivity (Wildman–Crippen MR) is 138 cm³/mol. The topological polar surface area (TPSA) is 16.1 Å². The zero-order chi connectivity index (χ0) is 22.2. The second-order valence-electron chi connectivity index (χ2n) is 8.71. The summed E-state index contributed by atoms with van der Waals surface area (Å²) in [6.07, 6.45) is 9.02. The van der Waals surface area contributed by atoms with Gasteiger partial charge in [-0.25, -0.2) is 4.98 Å². The molecule has 0 aliphatic carbocycles. The maximum absolute atomic E-state index is 4.98. The average molecular weight is 427 g/mol. The molecule has 0 bridgehead atoms. The van der Waals surface area contributed by atoms with E-state index < -0.39 is 0 Å². The second kappa shape index (κ2) is 8.32. The van der Waals surface area contributed by atoms with Crippen LogP contribution in [0.3, 0.4) is 0 Å². The Kier molecular flexibility index (Phi) is 5.72. The van der Waals surface area contributed by atoms with Crippen LogP contribution >= 0.6 is 11.3 Å². The van der Waals surface area contributed by atoms with Gasteiger partial charge in [0.25, 0.3) is 0 Å². The Hall–Kier alpha value is -2.91. The molecule has 0 amide bonds. The summed E-state index contributed by atoms with van der Waals surface area (Å²) in [5, 5.41) is 1.20. The summed E-state index contributed by atoms with van der Waals surface area (Å²) < 4.78 is 0. The van der Waals surface area contributed by atoms with Gasteiger partial charge in [-0.2, -0.15) is 0 Å². The Morgan fingerprint density at radius 2 is 1.97 bits per heavy atom. The second-order valence-corrected chi connectivity index (χ2v) is 9.71. The van der Waals surface area contributed by atoms with Crippen molar-refractivity contribution in [2.75, 3.05) is 11.4 Å². The molecule has 1 aliphatic rings. The number of benzene rings is 1. The van der Waals surface area contributed by atoms with Crippen molar-refractivity contribution in [1.29, 1.82) is 0 Å². The molecular formula is C28H30N2S. The van der Waals surface area contributed by atoms with Crippen LogP contribution in [0, 0.1) is 6.92 Å². The number of hydrogen-bond donors (Lipinski definition) is 0. The van der Waals surface area contributed by atoms with E-state index in [2.05, 4.69) is 81.3 Å². The van der Waals surface area contributed by atoms with E-state index in [0.29, 0.717) is 0 Å². The molecule has 0 unspecified atom stereocenters. The molecule has 31 heavy (non-hydrogen) atoms. The Balaban J connectivity index is 1.77. The van der Waals surface area contributed by atoms with Crippen LogP contribution in [0.4, 0.5) is 5.69 Å². The summed E-state index contributed by atoms with van der Waals surface area (Å²) in [5.41, 5.74) is 7.21. The lowest BCUT2D eigenvalue weighted by Gasteiger charge is -2.40. The van der Waals surface area contributed by atoms with Crippen LogP contribution in [-0.2, 0) is 5.41 Å². The van der Waals surface area contributed by atoms with Crippen molar-refractivity contribution in [3.8, 4) is 0 Å². The van der Waals surface area contributed by atoms with Gasteiger partial charge in [-0.1, -0.05) is 69.5 Å². The van der Waals surface area contributed by atoms with Crippen LogP contribution in [0.1, 0.15) is 48.9 Å². The maximum Gasteiger partial charge on any atom is 0.124 e. The number of aromatic nitrogens is 1. The molecule has 0 atom stereocenters. The minimum Gasteiger partial charge on any atom is -0.341 e. The van der Waals surface area contributed by atoms with E-state index >= 15 is 0 Å². The first-order valence-corrected chi connectivity index (χ1v) is 11.6. The van der Waals surface area contributed by atoms with Crippen molar-refractivity contribution >= 4 is 38.5 Å². The smallest absolute Gasteiger partial charge is 0.124 e. The van der Waals surface area contributed by atoms with Crippen LogP contribution in [0.25, 0.3) is 21.5 Å². The SMILES string of the molecule is C=C/C=C(\C=C/C)c1ccc2c(C)c(C(=C)N3CCC(C)(C)c4ccccc43)sc2n1. The molecule has 3 heteroatoms. The third-order valence-electron chi connectivity index (χ3n) is 6.22. The van der Waals surface area contributed by atoms with Crippen molar-refractivity contribution in [3.05, 3.63) is 95.6 Å². The van der Waals surface area contributed by atoms with Gasteiger partial charge in [0.15, 0.2) is 0 Å². The quantitative estimate of drug-likeness (QED) is 0.385. The minimum atomic E-state index is 0.180. The molecule has 2 nitrogen and oxygen atoms in total. The number of anilines is 1. The van der Waals surface area contributed by atoms with Gasteiger partial charge in [-0.3, -0.25) is 0 Å². The molecule has 0 radical (unpaired) electrons. The fraction of sp³-hybridized carbons (Fsp3) is 0.250. The highest BCUT2D eigenvalue weighted by Gasteiger charge is 2.32. The highest BCUT2D eigenvalue weighted by Crippen LogP contribution is 2.44. The third-order valence-corrected chi connectivity index (χ3v) is 7.47. The average Bonchev–Trinajstić information content (AvgIpc) is 3.09. The van der Waals surface area contributed by atoms with E-state index in [9.17, 15) is 0 Å². The number of aryl methyl sites for hydroxylation is 1. The Labute approximate surface area is 189 Å². The summed E-state index contributed by atoms with van der Waals surface area (Å²) in [7, 11) is 0. The number of fused-ring (bicyclic) bond motifs is 2. The van der Waals surface area contributed by atoms with Gasteiger partial charge >= 0.3 is 0 Å². The number of hydrogen-bond acceptors (Lipinski definition) is 3. The van der Waals surface area contributed by atoms with Crippen LogP contribution in [0.15, 0.2) is 73.9 Å². The molecule has 0 spiro atoms. The molecule has 0 saturated heterocycles. The lowest BCUT2D eigenvalue weighted by Crippen LogP contribution is -2.35. The van der Waals surface area contributed by atoms with Gasteiger partial charge in [0.1, 0.15) is 4.83 Å². The molecular weight excluding hydrogens is 396 g/mol. The maximum atomic E-state index is 4.98. The zero-order valence-corrected chi connectivity index (χ0v) is 19.7. The van der Waals surface area contributed by atoms with Crippen LogP contribution in [0.2, 0.25) is 0 Å². The lowest BCUT2D eigenvalue weighted by molar-refractivity contribution is 0.468. The van der Waals surface area contributed by atoms with E-state index in [0.717, 1.165) is 34.8 Å². The van der Waals surface area contributed by atoms with Crippen molar-refractivity contribution in [3.63, 3.8) is 0 Å². The van der Waals surface area contributed by atoms with Crippen molar-refractivity contribution < 1.29 is 0 Å². The molecule has 1 aromatic carbocycles. The molecule has 0 N–H and O–H groups in total. The summed E-state index contributed by atoms with van der Waals surface area (Å²) in [4.78, 5) is 9.64. The number of allylic oxidation sites excluding steroid dienone is 5. The van der Waals surface area contributed by atoms with Crippen LogP contribution in [-0.4, -0.2) is 11.5 Å². The van der Waals surface area contributed by atoms with Crippen LogP contribution < -0.4 is 4.90 Å². The number of thiophene rings is 1. The molecule has 3 heterocycles. The van der Waals surface area contributed by atoms with E-state index in [1.54, 1.807) is 11.3 Å². The standard InChI is InChI=1S/C28H30N2S/c1-7-11-21(12-8-2)24-16-15-22-19(3)26(31-27(22)29-24)20(4)30-18-17-28(5,6)23-13-9-10-14-25(23)30/h7-16H,1,4,17-18H2,2-3,5-6H3/b12-8-,21-11+. The molecule has 158 valence electrons. The monoisotopic (exact) mass is 426 g/mol. The van der Waals surface area contributed by atoms with Gasteiger partial charge in [0.05, 0.1) is 16.3 Å². The van der Waals surface area contributed by atoms with Gasteiger partial charge < -0.3 is 4.90 Å². The molecule has 0 saturated carbocycles. The van der Waals surface area contributed by atoms with E-state index in [-0.39, 0.29) is 5.41 Å². The normalized spacial score (nSPS) is 16.0. The van der Waals surface area contributed by atoms with Crippen molar-refractivity contribution in [2.24, 2.45) is 0 Å². The number of pyridine rings is 1. The zero-order valence-electron chi connectivity index (χ0n) is 18.9. The highest BCUT2D eigenvalue weighted by molar-refractivity contribution is 7.19. The summed E-state index contributed by atoms with van der Waals surface area (Å²) in [6, 6.07) is 13.0. The first-order valence-electron chi connectivity index (χ1n) is 10.8. The van der Waals surface area contributed by atoms with Gasteiger partial charge in [-0.05, 0) is 60.6 Å². The van der Waals surface area contributed by atoms with Gasteiger partial charge in [-0.15, -0.1) is 11.3 Å². The number of para-hydroxylation sites is 1. The fourth-order valence-electron chi connectivity index (χ4n) is 4.40. The minimum absolute atomic E-state index is 0.180. The molecule has 0 fully saturated rings. The third kappa shape index (κ3) is 3.79. The number of nitrogens with zero attached hydrogens (tertiary/aromatic N) is 2. The van der Waals surface area contributed by atoms with Gasteiger partial charge in [0, 0.05) is 17.6 Å². The Morgan fingerprint density at radius 3 is 2.71 bits per heavy atom. The van der Waals surface area contributed by atoms with Crippen LogP contribution in [0.5, 0.6) is 0 Å². The first-order chi connectivity index (χ1) is 14.9. The summed E-state index contributed by atoms with van der Waals surface area (Å²) in [6.45, 7) is 18.2. The van der Waals surface area contributed by atoms with E-state index in [1.165, 1.54) is 27.1 Å². The van der Waals surface area contributed by atoms with Crippen molar-refractivity contribution in [2.45, 2.75) is 39.5 Å². The fourth-order valence-corrected chi connectivity index (χ4v) is 5.56. The molecule has 1 aliphatic heterocycles. The summed E-state index contributed by atoms with van der Waals surface area (Å²) in [5.74, 6) is 0. The Bertz CT molecular complexity index is 1220. The highest BCUT2D eigenvalue weighted by atomic mass is 32.1. The first kappa shape index (κ1) is 21.3. The lowest BCUT2D eigenvalue weighted by atomic mass is 9.77. The molecule has 4 rings (SSSR count). The molecule has 3 aromatic rings. The summed E-state index contributed by atoms with van der Waals surface area (Å²) >= 11 is 1.74. The largest absolute Gasteiger partial charge is 0.341 e. The Morgan fingerprint density at radius 1 is 1.19 bits per heavy atom. The molecule has 2 aromatic heterocycles. The van der Waals surface area contributed by atoms with Crippen molar-refractivity contribution in [1.82, 2.24) is 4.98 Å².